The minimum atomic E-state index is -4.21. The van der Waals surface area contributed by atoms with Gasteiger partial charge in [-0.05, 0) is 61.9 Å². The van der Waals surface area contributed by atoms with Crippen molar-refractivity contribution < 1.29 is 22.7 Å². The number of likely N-dealkylation sites (N-methyl/N-ethyl adjacent to an activating group) is 1. The van der Waals surface area contributed by atoms with Crippen LogP contribution in [0.4, 0.5) is 5.69 Å². The second-order valence-corrected chi connectivity index (χ2v) is 11.3. The van der Waals surface area contributed by atoms with Crippen molar-refractivity contribution >= 4 is 50.7 Å². The number of nitrogens with zero attached hydrogens (tertiary/aromatic N) is 2. The summed E-state index contributed by atoms with van der Waals surface area (Å²) in [6.07, 6.45) is 0. The summed E-state index contributed by atoms with van der Waals surface area (Å²) in [6.45, 7) is 2.89. The number of methoxy groups -OCH3 is 1. The zero-order valence-corrected chi connectivity index (χ0v) is 23.8. The molecule has 3 rings (SSSR count). The Morgan fingerprint density at radius 1 is 0.974 bits per heavy atom. The number of hydrogen-bond acceptors (Lipinski definition) is 5. The van der Waals surface area contributed by atoms with Gasteiger partial charge in [0.15, 0.2) is 0 Å². The lowest BCUT2D eigenvalue weighted by Crippen LogP contribution is -2.50. The smallest absolute Gasteiger partial charge is 0.264 e. The minimum Gasteiger partial charge on any atom is -0.497 e. The molecule has 38 heavy (non-hydrogen) atoms. The first kappa shape index (κ1) is 29.3. The molecule has 0 radical (unpaired) electrons. The minimum absolute atomic E-state index is 0.00643. The maximum atomic E-state index is 13.8. The molecule has 0 aliphatic heterocycles. The summed E-state index contributed by atoms with van der Waals surface area (Å²) < 4.78 is 33.7. The molecule has 0 aromatic heterocycles. The Labute approximate surface area is 233 Å². The molecule has 3 aromatic rings. The van der Waals surface area contributed by atoms with Gasteiger partial charge in [-0.15, -0.1) is 0 Å². The molecule has 3 aromatic carbocycles. The molecule has 0 fully saturated rings. The number of anilines is 1. The number of carbonyl (C=O) groups excluding carboxylic acids is 2. The number of nitrogens with one attached hydrogen (secondary N) is 1. The Bertz CT molecular complexity index is 1380. The van der Waals surface area contributed by atoms with E-state index in [0.717, 1.165) is 15.4 Å². The number of rotatable bonds is 10. The molecular formula is C27H29Cl2N3O5S. The lowest BCUT2D eigenvalue weighted by Gasteiger charge is -2.32. The van der Waals surface area contributed by atoms with Gasteiger partial charge in [0.1, 0.15) is 18.3 Å². The molecule has 0 spiro atoms. The Kier molecular flexibility index (Phi) is 9.65. The molecule has 2 amide bonds. The van der Waals surface area contributed by atoms with Gasteiger partial charge in [0.05, 0.1) is 17.7 Å². The highest BCUT2D eigenvalue weighted by Gasteiger charge is 2.32. The summed E-state index contributed by atoms with van der Waals surface area (Å²) in [5, 5.41) is 2.96. The van der Waals surface area contributed by atoms with Gasteiger partial charge in [0.2, 0.25) is 11.8 Å². The van der Waals surface area contributed by atoms with E-state index in [1.807, 2.05) is 6.92 Å². The lowest BCUT2D eigenvalue weighted by atomic mass is 10.1. The standard InChI is InChI=1S/C27H29Cl2N3O5S/c1-18-5-11-25(12-6-18)38(35,36)32(23-14-21(28)13-22(29)15-23)17-26(33)31(19(2)27(34)30-3)16-20-7-9-24(37-4)10-8-20/h5-15,19H,16-17H2,1-4H3,(H,30,34). The van der Waals surface area contributed by atoms with Crippen molar-refractivity contribution in [3.63, 3.8) is 0 Å². The molecule has 1 atom stereocenters. The fraction of sp³-hybridized carbons (Fsp3) is 0.259. The van der Waals surface area contributed by atoms with E-state index in [-0.39, 0.29) is 27.2 Å². The summed E-state index contributed by atoms with van der Waals surface area (Å²) >= 11 is 12.4. The predicted octanol–water partition coefficient (Wildman–Crippen LogP) is 4.67. The highest BCUT2D eigenvalue weighted by Crippen LogP contribution is 2.30. The van der Waals surface area contributed by atoms with Crippen LogP contribution >= 0.6 is 23.2 Å². The van der Waals surface area contributed by atoms with Gasteiger partial charge in [0, 0.05) is 23.6 Å². The second kappa shape index (κ2) is 12.5. The summed E-state index contributed by atoms with van der Waals surface area (Å²) in [4.78, 5) is 27.6. The molecule has 0 saturated carbocycles. The number of ether oxygens (including phenoxy) is 1. The Morgan fingerprint density at radius 2 is 1.55 bits per heavy atom. The van der Waals surface area contributed by atoms with Crippen molar-refractivity contribution in [2.75, 3.05) is 25.0 Å². The van der Waals surface area contributed by atoms with E-state index in [4.69, 9.17) is 27.9 Å². The molecule has 1 unspecified atom stereocenters. The number of amides is 2. The van der Waals surface area contributed by atoms with Gasteiger partial charge in [0.25, 0.3) is 10.0 Å². The van der Waals surface area contributed by atoms with Gasteiger partial charge in [-0.1, -0.05) is 53.0 Å². The quantitative estimate of drug-likeness (QED) is 0.378. The predicted molar refractivity (Wildman–Crippen MR) is 149 cm³/mol. The molecule has 0 bridgehead atoms. The Balaban J connectivity index is 2.05. The van der Waals surface area contributed by atoms with E-state index in [2.05, 4.69) is 5.32 Å². The molecular weight excluding hydrogens is 549 g/mol. The highest BCUT2D eigenvalue weighted by atomic mass is 35.5. The van der Waals surface area contributed by atoms with Crippen LogP contribution in [-0.2, 0) is 26.2 Å². The zero-order chi connectivity index (χ0) is 28.0. The van der Waals surface area contributed by atoms with Crippen LogP contribution in [0.1, 0.15) is 18.1 Å². The Hall–Kier alpha value is -3.27. The number of sulfonamides is 1. The van der Waals surface area contributed by atoms with Gasteiger partial charge in [-0.3, -0.25) is 13.9 Å². The SMILES string of the molecule is CNC(=O)C(C)N(Cc1ccc(OC)cc1)C(=O)CN(c1cc(Cl)cc(Cl)c1)S(=O)(=O)c1ccc(C)cc1. The summed E-state index contributed by atoms with van der Waals surface area (Å²) in [5.41, 5.74) is 1.73. The second-order valence-electron chi connectivity index (χ2n) is 8.61. The van der Waals surface area contributed by atoms with E-state index in [0.29, 0.717) is 5.75 Å². The van der Waals surface area contributed by atoms with Crippen molar-refractivity contribution in [2.45, 2.75) is 31.3 Å². The van der Waals surface area contributed by atoms with Crippen LogP contribution in [0.15, 0.2) is 71.6 Å². The monoisotopic (exact) mass is 577 g/mol. The number of hydrogen-bond donors (Lipinski definition) is 1. The van der Waals surface area contributed by atoms with Crippen molar-refractivity contribution in [3.05, 3.63) is 87.9 Å². The molecule has 202 valence electrons. The average Bonchev–Trinajstić information content (AvgIpc) is 2.89. The average molecular weight is 579 g/mol. The first-order chi connectivity index (χ1) is 18.0. The molecule has 0 heterocycles. The maximum Gasteiger partial charge on any atom is 0.264 e. The third kappa shape index (κ3) is 6.98. The zero-order valence-electron chi connectivity index (χ0n) is 21.4. The summed E-state index contributed by atoms with van der Waals surface area (Å²) in [7, 11) is -1.20. The normalized spacial score (nSPS) is 11.9. The fourth-order valence-corrected chi connectivity index (χ4v) is 5.68. The van der Waals surface area contributed by atoms with E-state index in [9.17, 15) is 18.0 Å². The van der Waals surface area contributed by atoms with Crippen molar-refractivity contribution in [1.29, 1.82) is 0 Å². The largest absolute Gasteiger partial charge is 0.497 e. The third-order valence-corrected chi connectivity index (χ3v) is 8.17. The van der Waals surface area contributed by atoms with Crippen LogP contribution in [0.2, 0.25) is 10.0 Å². The molecule has 1 N–H and O–H groups in total. The lowest BCUT2D eigenvalue weighted by molar-refractivity contribution is -0.139. The molecule has 8 nitrogen and oxygen atoms in total. The number of halogens is 2. The van der Waals surface area contributed by atoms with Gasteiger partial charge >= 0.3 is 0 Å². The van der Waals surface area contributed by atoms with Crippen LogP contribution in [0, 0.1) is 6.92 Å². The van der Waals surface area contributed by atoms with Gasteiger partial charge < -0.3 is 15.0 Å². The maximum absolute atomic E-state index is 13.8. The number of benzene rings is 3. The Morgan fingerprint density at radius 3 is 2.08 bits per heavy atom. The van der Waals surface area contributed by atoms with Crippen LogP contribution in [0.3, 0.4) is 0 Å². The molecule has 0 saturated heterocycles. The van der Waals surface area contributed by atoms with Crippen molar-refractivity contribution in [3.8, 4) is 5.75 Å². The summed E-state index contributed by atoms with van der Waals surface area (Å²) in [6, 6.07) is 16.7. The van der Waals surface area contributed by atoms with Crippen LogP contribution in [-0.4, -0.2) is 51.9 Å². The van der Waals surface area contributed by atoms with E-state index < -0.39 is 34.4 Å². The van der Waals surface area contributed by atoms with Gasteiger partial charge in [-0.2, -0.15) is 0 Å². The van der Waals surface area contributed by atoms with E-state index in [1.54, 1.807) is 50.4 Å². The molecule has 11 heteroatoms. The van der Waals surface area contributed by atoms with Crippen molar-refractivity contribution in [2.24, 2.45) is 0 Å². The first-order valence-electron chi connectivity index (χ1n) is 11.7. The third-order valence-electron chi connectivity index (χ3n) is 5.95. The topological polar surface area (TPSA) is 96.0 Å². The van der Waals surface area contributed by atoms with Crippen LogP contribution in [0.5, 0.6) is 5.75 Å². The fourth-order valence-electron chi connectivity index (χ4n) is 3.77. The van der Waals surface area contributed by atoms with Crippen LogP contribution < -0.4 is 14.4 Å². The van der Waals surface area contributed by atoms with E-state index >= 15 is 0 Å². The first-order valence-corrected chi connectivity index (χ1v) is 13.9. The molecule has 0 aliphatic rings. The van der Waals surface area contributed by atoms with E-state index in [1.165, 1.54) is 42.3 Å². The number of carbonyl (C=O) groups is 2. The molecule has 0 aliphatic carbocycles. The summed E-state index contributed by atoms with van der Waals surface area (Å²) in [5.74, 6) is -0.353. The number of aryl methyl sites for hydroxylation is 1. The highest BCUT2D eigenvalue weighted by molar-refractivity contribution is 7.92. The van der Waals surface area contributed by atoms with Gasteiger partial charge in [-0.25, -0.2) is 8.42 Å². The van der Waals surface area contributed by atoms with Crippen molar-refractivity contribution in [1.82, 2.24) is 10.2 Å². The van der Waals surface area contributed by atoms with Crippen LogP contribution in [0.25, 0.3) is 0 Å².